The van der Waals surface area contributed by atoms with Gasteiger partial charge in [0.2, 0.25) is 5.91 Å². The Morgan fingerprint density at radius 1 is 0.885 bits per heavy atom. The molecule has 0 aliphatic carbocycles. The Morgan fingerprint density at radius 2 is 1.58 bits per heavy atom. The first kappa shape index (κ1) is 17.9. The maximum Gasteiger partial charge on any atom is 0.234 e. The molecule has 26 heavy (non-hydrogen) atoms. The first-order valence-corrected chi connectivity index (χ1v) is 8.79. The second kappa shape index (κ2) is 8.49. The van der Waals surface area contributed by atoms with Gasteiger partial charge in [-0.15, -0.1) is 11.8 Å². The van der Waals surface area contributed by atoms with Crippen LogP contribution in [-0.4, -0.2) is 11.7 Å². The monoisotopic (exact) mass is 371 g/mol. The van der Waals surface area contributed by atoms with Crippen molar-refractivity contribution >= 4 is 23.4 Å². The standard InChI is InChI=1S/C20H15F2NO2S/c21-18-11-10-17(12-19(18)22)26-13-20(24)23-14-6-8-16(9-7-14)25-15-4-2-1-3-5-15/h1-12H,13H2,(H,23,24). The van der Waals surface area contributed by atoms with Gasteiger partial charge in [-0.2, -0.15) is 0 Å². The molecule has 3 nitrogen and oxygen atoms in total. The van der Waals surface area contributed by atoms with Gasteiger partial charge in [0, 0.05) is 10.6 Å². The number of thioether (sulfide) groups is 1. The Labute approximate surface area is 154 Å². The first-order valence-electron chi connectivity index (χ1n) is 7.81. The quantitative estimate of drug-likeness (QED) is 0.583. The topological polar surface area (TPSA) is 38.3 Å². The fourth-order valence-electron chi connectivity index (χ4n) is 2.14. The van der Waals surface area contributed by atoms with Gasteiger partial charge < -0.3 is 10.1 Å². The lowest BCUT2D eigenvalue weighted by Crippen LogP contribution is -2.13. The number of ether oxygens (including phenoxy) is 1. The zero-order valence-corrected chi connectivity index (χ0v) is 14.4. The van der Waals surface area contributed by atoms with E-state index in [-0.39, 0.29) is 11.7 Å². The molecule has 0 heterocycles. The normalized spacial score (nSPS) is 10.4. The smallest absolute Gasteiger partial charge is 0.234 e. The number of carbonyl (C=O) groups excluding carboxylic acids is 1. The summed E-state index contributed by atoms with van der Waals surface area (Å²) < 4.78 is 31.7. The van der Waals surface area contributed by atoms with Crippen molar-refractivity contribution in [2.24, 2.45) is 0 Å². The van der Waals surface area contributed by atoms with E-state index in [9.17, 15) is 13.6 Å². The van der Waals surface area contributed by atoms with Gasteiger partial charge in [-0.3, -0.25) is 4.79 Å². The van der Waals surface area contributed by atoms with Crippen molar-refractivity contribution in [2.45, 2.75) is 4.90 Å². The lowest BCUT2D eigenvalue weighted by atomic mass is 10.3. The van der Waals surface area contributed by atoms with E-state index in [2.05, 4.69) is 5.32 Å². The third-order valence-corrected chi connectivity index (χ3v) is 4.37. The molecular weight excluding hydrogens is 356 g/mol. The van der Waals surface area contributed by atoms with E-state index in [1.807, 2.05) is 30.3 Å². The molecular formula is C20H15F2NO2S. The van der Waals surface area contributed by atoms with Gasteiger partial charge >= 0.3 is 0 Å². The number of benzene rings is 3. The van der Waals surface area contributed by atoms with Crippen LogP contribution in [0.5, 0.6) is 11.5 Å². The number of nitrogens with one attached hydrogen (secondary N) is 1. The SMILES string of the molecule is O=C(CSc1ccc(F)c(F)c1)Nc1ccc(Oc2ccccc2)cc1. The largest absolute Gasteiger partial charge is 0.457 e. The summed E-state index contributed by atoms with van der Waals surface area (Å²) in [6, 6.07) is 19.9. The van der Waals surface area contributed by atoms with E-state index in [0.29, 0.717) is 16.3 Å². The highest BCUT2D eigenvalue weighted by molar-refractivity contribution is 8.00. The Hall–Kier alpha value is -2.86. The number of para-hydroxylation sites is 1. The molecule has 0 fully saturated rings. The number of carbonyl (C=O) groups is 1. The number of anilines is 1. The molecule has 0 atom stereocenters. The Bertz CT molecular complexity index is 886. The van der Waals surface area contributed by atoms with Crippen LogP contribution in [0.3, 0.4) is 0 Å². The lowest BCUT2D eigenvalue weighted by Gasteiger charge is -2.08. The minimum Gasteiger partial charge on any atom is -0.457 e. The van der Waals surface area contributed by atoms with Crippen molar-refractivity contribution in [3.8, 4) is 11.5 Å². The van der Waals surface area contributed by atoms with Gasteiger partial charge in [0.25, 0.3) is 0 Å². The Morgan fingerprint density at radius 3 is 2.27 bits per heavy atom. The third kappa shape index (κ3) is 5.07. The number of amides is 1. The van der Waals surface area contributed by atoms with Crippen LogP contribution < -0.4 is 10.1 Å². The van der Waals surface area contributed by atoms with Gasteiger partial charge in [0.05, 0.1) is 5.75 Å². The van der Waals surface area contributed by atoms with Crippen molar-refractivity contribution in [2.75, 3.05) is 11.1 Å². The number of hydrogen-bond acceptors (Lipinski definition) is 3. The van der Waals surface area contributed by atoms with E-state index in [4.69, 9.17) is 4.74 Å². The van der Waals surface area contributed by atoms with Crippen molar-refractivity contribution in [1.29, 1.82) is 0 Å². The third-order valence-electron chi connectivity index (χ3n) is 3.38. The van der Waals surface area contributed by atoms with Crippen LogP contribution in [0, 0.1) is 11.6 Å². The summed E-state index contributed by atoms with van der Waals surface area (Å²) in [4.78, 5) is 12.5. The molecule has 6 heteroatoms. The van der Waals surface area contributed by atoms with E-state index < -0.39 is 11.6 Å². The lowest BCUT2D eigenvalue weighted by molar-refractivity contribution is -0.113. The summed E-state index contributed by atoms with van der Waals surface area (Å²) in [5.74, 6) is -0.595. The van der Waals surface area contributed by atoms with E-state index in [1.165, 1.54) is 6.07 Å². The summed E-state index contributed by atoms with van der Waals surface area (Å²) in [5, 5.41) is 2.75. The van der Waals surface area contributed by atoms with Gasteiger partial charge in [0.15, 0.2) is 11.6 Å². The van der Waals surface area contributed by atoms with Crippen LogP contribution in [0.25, 0.3) is 0 Å². The van der Waals surface area contributed by atoms with Gasteiger partial charge in [-0.1, -0.05) is 18.2 Å². The fourth-order valence-corrected chi connectivity index (χ4v) is 2.86. The van der Waals surface area contributed by atoms with E-state index >= 15 is 0 Å². The highest BCUT2D eigenvalue weighted by Gasteiger charge is 2.07. The van der Waals surface area contributed by atoms with Gasteiger partial charge in [-0.25, -0.2) is 8.78 Å². The fraction of sp³-hybridized carbons (Fsp3) is 0.0500. The minimum absolute atomic E-state index is 0.0906. The van der Waals surface area contributed by atoms with Crippen molar-refractivity contribution in [3.05, 3.63) is 84.4 Å². The van der Waals surface area contributed by atoms with E-state index in [0.717, 1.165) is 29.6 Å². The molecule has 3 rings (SSSR count). The molecule has 0 saturated heterocycles. The Kier molecular flexibility index (Phi) is 5.86. The number of hydrogen-bond donors (Lipinski definition) is 1. The molecule has 3 aromatic rings. The molecule has 0 radical (unpaired) electrons. The summed E-state index contributed by atoms with van der Waals surface area (Å²) in [6.45, 7) is 0. The molecule has 132 valence electrons. The second-order valence-corrected chi connectivity index (χ2v) is 6.40. The molecule has 0 bridgehead atoms. The number of rotatable bonds is 6. The predicted octanol–water partition coefficient (Wildman–Crippen LogP) is 5.49. The van der Waals surface area contributed by atoms with Crippen LogP contribution in [0.4, 0.5) is 14.5 Å². The van der Waals surface area contributed by atoms with Gasteiger partial charge in [-0.05, 0) is 54.6 Å². The molecule has 1 amide bonds. The molecule has 0 aromatic heterocycles. The molecule has 0 aliphatic rings. The van der Waals surface area contributed by atoms with Crippen molar-refractivity contribution < 1.29 is 18.3 Å². The molecule has 0 spiro atoms. The highest BCUT2D eigenvalue weighted by Crippen LogP contribution is 2.23. The predicted molar refractivity (Wildman–Crippen MR) is 98.7 cm³/mol. The maximum atomic E-state index is 13.1. The van der Waals surface area contributed by atoms with Gasteiger partial charge in [0.1, 0.15) is 11.5 Å². The van der Waals surface area contributed by atoms with Crippen LogP contribution in [0.1, 0.15) is 0 Å². The highest BCUT2D eigenvalue weighted by atomic mass is 32.2. The zero-order valence-electron chi connectivity index (χ0n) is 13.6. The first-order chi connectivity index (χ1) is 12.6. The zero-order chi connectivity index (χ0) is 18.4. The van der Waals surface area contributed by atoms with Crippen LogP contribution in [-0.2, 0) is 4.79 Å². The molecule has 0 aliphatic heterocycles. The average molecular weight is 371 g/mol. The summed E-state index contributed by atoms with van der Waals surface area (Å²) in [5.41, 5.74) is 0.626. The molecule has 3 aromatic carbocycles. The average Bonchev–Trinajstić information content (AvgIpc) is 2.65. The van der Waals surface area contributed by atoms with Crippen LogP contribution >= 0.6 is 11.8 Å². The van der Waals surface area contributed by atoms with Crippen LogP contribution in [0.2, 0.25) is 0 Å². The van der Waals surface area contributed by atoms with E-state index in [1.54, 1.807) is 24.3 Å². The number of halogens is 2. The molecule has 0 saturated carbocycles. The van der Waals surface area contributed by atoms with Crippen molar-refractivity contribution in [3.63, 3.8) is 0 Å². The second-order valence-electron chi connectivity index (χ2n) is 5.35. The summed E-state index contributed by atoms with van der Waals surface area (Å²) in [7, 11) is 0. The molecule has 0 unspecified atom stereocenters. The Balaban J connectivity index is 1.51. The maximum absolute atomic E-state index is 13.1. The van der Waals surface area contributed by atoms with Crippen molar-refractivity contribution in [1.82, 2.24) is 0 Å². The summed E-state index contributed by atoms with van der Waals surface area (Å²) >= 11 is 1.13. The van der Waals surface area contributed by atoms with Crippen LogP contribution in [0.15, 0.2) is 77.7 Å². The molecule has 1 N–H and O–H groups in total. The summed E-state index contributed by atoms with van der Waals surface area (Å²) in [6.07, 6.45) is 0. The minimum atomic E-state index is -0.926.